The Morgan fingerprint density at radius 3 is 2.55 bits per heavy atom. The number of esters is 1. The normalized spacial score (nSPS) is 24.8. The number of rotatable bonds is 7. The third-order valence-electron chi connectivity index (χ3n) is 6.70. The number of carbonyl (C=O) groups excluding carboxylic acids is 1. The quantitative estimate of drug-likeness (QED) is 0.494. The molecule has 0 bridgehead atoms. The molecule has 0 radical (unpaired) electrons. The highest BCUT2D eigenvalue weighted by Crippen LogP contribution is 2.52. The molecule has 2 fully saturated rings. The lowest BCUT2D eigenvalue weighted by Gasteiger charge is -2.25. The molecule has 1 heterocycles. The van der Waals surface area contributed by atoms with Crippen molar-refractivity contribution >= 4 is 5.97 Å². The first kappa shape index (κ1) is 23.5. The number of hydrogen-bond donors (Lipinski definition) is 0. The molecule has 6 nitrogen and oxygen atoms in total. The molecule has 0 saturated heterocycles. The van der Waals surface area contributed by atoms with Crippen LogP contribution in [0.25, 0.3) is 11.1 Å². The summed E-state index contributed by atoms with van der Waals surface area (Å²) in [5, 5.41) is 8.35. The number of methoxy groups -OCH3 is 1. The van der Waals surface area contributed by atoms with E-state index in [-0.39, 0.29) is 17.8 Å². The van der Waals surface area contributed by atoms with E-state index in [2.05, 4.69) is 23.2 Å². The van der Waals surface area contributed by atoms with Crippen molar-refractivity contribution < 1.29 is 19.0 Å². The smallest absolute Gasteiger partial charge is 0.310 e. The third kappa shape index (κ3) is 6.04. The Hall–Kier alpha value is -2.63. The average Bonchev–Trinajstić information content (AvgIpc) is 3.58. The first-order chi connectivity index (χ1) is 15.7. The van der Waals surface area contributed by atoms with Crippen molar-refractivity contribution in [1.82, 2.24) is 10.2 Å². The zero-order chi connectivity index (χ0) is 23.6. The van der Waals surface area contributed by atoms with E-state index in [9.17, 15) is 4.79 Å². The lowest BCUT2D eigenvalue weighted by atomic mass is 9.83. The number of aromatic nitrogens is 2. The lowest BCUT2D eigenvalue weighted by molar-refractivity contribution is -0.156. The summed E-state index contributed by atoms with van der Waals surface area (Å²) in [5.74, 6) is 2.61. The Bertz CT molecular complexity index is 976. The minimum absolute atomic E-state index is 0.106. The fourth-order valence-corrected chi connectivity index (χ4v) is 4.65. The fraction of sp³-hybridized carbons (Fsp3) is 0.593. The van der Waals surface area contributed by atoms with Gasteiger partial charge in [0, 0.05) is 17.5 Å². The molecule has 1 aromatic heterocycles. The Morgan fingerprint density at radius 1 is 1.09 bits per heavy atom. The van der Waals surface area contributed by atoms with Crippen LogP contribution in [-0.2, 0) is 9.53 Å². The highest BCUT2D eigenvalue weighted by Gasteiger charge is 2.47. The second kappa shape index (κ2) is 9.70. The minimum Gasteiger partial charge on any atom is -0.496 e. The Balaban J connectivity index is 1.46. The van der Waals surface area contributed by atoms with Crippen molar-refractivity contribution in [3.05, 3.63) is 36.0 Å². The summed E-state index contributed by atoms with van der Waals surface area (Å²) >= 11 is 0. The molecule has 2 saturated carbocycles. The predicted octanol–water partition coefficient (Wildman–Crippen LogP) is 5.80. The monoisotopic (exact) mass is 452 g/mol. The summed E-state index contributed by atoms with van der Waals surface area (Å²) < 4.78 is 17.2. The summed E-state index contributed by atoms with van der Waals surface area (Å²) in [6.45, 7) is 8.71. The van der Waals surface area contributed by atoms with E-state index >= 15 is 0 Å². The van der Waals surface area contributed by atoms with Gasteiger partial charge < -0.3 is 14.2 Å². The maximum absolute atomic E-state index is 12.5. The van der Waals surface area contributed by atoms with E-state index in [1.165, 1.54) is 25.7 Å². The van der Waals surface area contributed by atoms with Crippen LogP contribution in [0.2, 0.25) is 0 Å². The van der Waals surface area contributed by atoms with Gasteiger partial charge >= 0.3 is 5.97 Å². The number of nitrogens with zero attached hydrogens (tertiary/aromatic N) is 2. The number of carbonyl (C=O) groups is 1. The van der Waals surface area contributed by atoms with Gasteiger partial charge in [-0.1, -0.05) is 25.8 Å². The molecule has 1 aromatic carbocycles. The van der Waals surface area contributed by atoms with E-state index in [0.717, 1.165) is 34.8 Å². The van der Waals surface area contributed by atoms with Crippen molar-refractivity contribution in [2.45, 2.75) is 71.3 Å². The van der Waals surface area contributed by atoms with Crippen LogP contribution >= 0.6 is 0 Å². The maximum atomic E-state index is 12.5. The first-order valence-electron chi connectivity index (χ1n) is 12.1. The second-order valence-electron chi connectivity index (χ2n) is 10.7. The number of benzene rings is 1. The van der Waals surface area contributed by atoms with Crippen LogP contribution in [0.5, 0.6) is 11.6 Å². The topological polar surface area (TPSA) is 70.5 Å². The average molecular weight is 453 g/mol. The summed E-state index contributed by atoms with van der Waals surface area (Å²) in [7, 11) is 1.66. The summed E-state index contributed by atoms with van der Waals surface area (Å²) in [5.41, 5.74) is 2.49. The van der Waals surface area contributed by atoms with Gasteiger partial charge in [0.1, 0.15) is 11.4 Å². The Kier molecular flexibility index (Phi) is 6.91. The van der Waals surface area contributed by atoms with Crippen molar-refractivity contribution in [1.29, 1.82) is 0 Å². The van der Waals surface area contributed by atoms with E-state index in [1.54, 1.807) is 13.3 Å². The van der Waals surface area contributed by atoms with Gasteiger partial charge in [-0.05, 0) is 75.1 Å². The van der Waals surface area contributed by atoms with Crippen molar-refractivity contribution in [2.24, 2.45) is 17.8 Å². The number of hydrogen-bond acceptors (Lipinski definition) is 6. The van der Waals surface area contributed by atoms with E-state index in [1.807, 2.05) is 39.0 Å². The molecule has 2 aliphatic rings. The summed E-state index contributed by atoms with van der Waals surface area (Å²) in [4.78, 5) is 12.5. The van der Waals surface area contributed by atoms with Crippen LogP contribution in [-0.4, -0.2) is 35.5 Å². The fourth-order valence-electron chi connectivity index (χ4n) is 4.65. The molecular formula is C27H36N2O4. The molecule has 33 heavy (non-hydrogen) atoms. The molecule has 2 atom stereocenters. The summed E-state index contributed by atoms with van der Waals surface area (Å²) in [6, 6.07) is 8.01. The van der Waals surface area contributed by atoms with Crippen LogP contribution in [0.4, 0.5) is 0 Å². The maximum Gasteiger partial charge on any atom is 0.310 e. The first-order valence-corrected chi connectivity index (χ1v) is 12.1. The third-order valence-corrected chi connectivity index (χ3v) is 6.70. The predicted molar refractivity (Wildman–Crippen MR) is 127 cm³/mol. The van der Waals surface area contributed by atoms with E-state index in [0.29, 0.717) is 18.4 Å². The van der Waals surface area contributed by atoms with Gasteiger partial charge in [0.05, 0.1) is 25.8 Å². The molecule has 0 N–H and O–H groups in total. The molecule has 0 unspecified atom stereocenters. The van der Waals surface area contributed by atoms with E-state index in [4.69, 9.17) is 14.2 Å². The SMILES string of the molecule is COc1ccc(-c2cnnc(OCC3CCC(C)CC3)c2)cc1[C@@H]1C[C@@H]1C(=O)OC(C)(C)C. The van der Waals surface area contributed by atoms with Crippen LogP contribution < -0.4 is 9.47 Å². The molecule has 2 aliphatic carbocycles. The van der Waals surface area contributed by atoms with Gasteiger partial charge in [-0.25, -0.2) is 0 Å². The largest absolute Gasteiger partial charge is 0.496 e. The highest BCUT2D eigenvalue weighted by atomic mass is 16.6. The van der Waals surface area contributed by atoms with E-state index < -0.39 is 5.60 Å². The highest BCUT2D eigenvalue weighted by molar-refractivity contribution is 5.78. The van der Waals surface area contributed by atoms with Gasteiger partial charge in [-0.15, -0.1) is 5.10 Å². The zero-order valence-corrected chi connectivity index (χ0v) is 20.5. The van der Waals surface area contributed by atoms with Gasteiger partial charge in [0.25, 0.3) is 0 Å². The summed E-state index contributed by atoms with van der Waals surface area (Å²) in [6.07, 6.45) is 7.52. The molecule has 2 aromatic rings. The van der Waals surface area contributed by atoms with Gasteiger partial charge in [0.15, 0.2) is 0 Å². The lowest BCUT2D eigenvalue weighted by Crippen LogP contribution is -2.25. The van der Waals surface area contributed by atoms with Crippen LogP contribution in [0.3, 0.4) is 0 Å². The molecule has 6 heteroatoms. The van der Waals surface area contributed by atoms with Crippen LogP contribution in [0.1, 0.15) is 71.3 Å². The molecule has 178 valence electrons. The molecule has 0 spiro atoms. The molecule has 4 rings (SSSR count). The van der Waals surface area contributed by atoms with Crippen molar-refractivity contribution in [3.63, 3.8) is 0 Å². The molecule has 0 aliphatic heterocycles. The Labute approximate surface area is 197 Å². The van der Waals surface area contributed by atoms with Gasteiger partial charge in [-0.3, -0.25) is 4.79 Å². The molecular weight excluding hydrogens is 416 g/mol. The standard InChI is InChI=1S/C27H36N2O4/c1-17-6-8-18(9-7-17)16-32-25-13-20(15-28-29-25)19-10-11-24(31-5)22(12-19)21-14-23(21)26(30)33-27(2,3)4/h10-13,15,17-18,21,23H,6-9,14,16H2,1-5H3/t17?,18?,21-,23-/m0/s1. The van der Waals surface area contributed by atoms with Gasteiger partial charge in [-0.2, -0.15) is 5.10 Å². The zero-order valence-electron chi connectivity index (χ0n) is 20.5. The van der Waals surface area contributed by atoms with Crippen LogP contribution in [0.15, 0.2) is 30.5 Å². The molecule has 0 amide bonds. The minimum atomic E-state index is -0.481. The van der Waals surface area contributed by atoms with Crippen molar-refractivity contribution in [2.75, 3.05) is 13.7 Å². The van der Waals surface area contributed by atoms with Crippen LogP contribution in [0, 0.1) is 17.8 Å². The van der Waals surface area contributed by atoms with Gasteiger partial charge in [0.2, 0.25) is 5.88 Å². The van der Waals surface area contributed by atoms with Crippen molar-refractivity contribution in [3.8, 4) is 22.8 Å². The second-order valence-corrected chi connectivity index (χ2v) is 10.7. The number of ether oxygens (including phenoxy) is 3. The Morgan fingerprint density at radius 2 is 1.85 bits per heavy atom.